The number of nitrogens with zero attached hydrogens (tertiary/aromatic N) is 2. The van der Waals surface area contributed by atoms with Crippen LogP contribution in [0.2, 0.25) is 15.1 Å². The summed E-state index contributed by atoms with van der Waals surface area (Å²) in [6.07, 6.45) is 0.181. The molecule has 0 saturated heterocycles. The van der Waals surface area contributed by atoms with Crippen molar-refractivity contribution in [3.05, 3.63) is 129 Å². The van der Waals surface area contributed by atoms with Gasteiger partial charge >= 0.3 is 0 Å². The van der Waals surface area contributed by atoms with Crippen LogP contribution in [0, 0.1) is 0 Å². The molecule has 0 aliphatic carbocycles. The van der Waals surface area contributed by atoms with Gasteiger partial charge in [-0.3, -0.25) is 13.9 Å². The van der Waals surface area contributed by atoms with Crippen molar-refractivity contribution in [3.8, 4) is 0 Å². The smallest absolute Gasteiger partial charge is 0.264 e. The Morgan fingerprint density at radius 1 is 0.810 bits per heavy atom. The van der Waals surface area contributed by atoms with E-state index in [2.05, 4.69) is 5.32 Å². The van der Waals surface area contributed by atoms with Gasteiger partial charge in [-0.15, -0.1) is 0 Å². The number of likely N-dealkylation sites (N-methyl/N-ethyl adjacent to an activating group) is 1. The van der Waals surface area contributed by atoms with Crippen molar-refractivity contribution in [1.29, 1.82) is 0 Å². The minimum atomic E-state index is -4.21. The third-order valence-electron chi connectivity index (χ3n) is 6.58. The Balaban J connectivity index is 1.80. The molecule has 0 aliphatic rings. The number of hydrogen-bond acceptors (Lipinski definition) is 4. The van der Waals surface area contributed by atoms with E-state index in [1.54, 1.807) is 54.6 Å². The fourth-order valence-corrected chi connectivity index (χ4v) is 6.51. The van der Waals surface area contributed by atoms with Crippen LogP contribution < -0.4 is 9.62 Å². The lowest BCUT2D eigenvalue weighted by Gasteiger charge is -2.33. The number of carbonyl (C=O) groups is 2. The number of hydrogen-bond donors (Lipinski definition) is 1. The Labute approximate surface area is 260 Å². The first kappa shape index (κ1) is 31.4. The number of anilines is 1. The van der Waals surface area contributed by atoms with Gasteiger partial charge in [0.15, 0.2) is 0 Å². The summed E-state index contributed by atoms with van der Waals surface area (Å²) in [5.74, 6) is -1.04. The molecule has 7 nitrogen and oxygen atoms in total. The van der Waals surface area contributed by atoms with Gasteiger partial charge in [0.25, 0.3) is 10.0 Å². The van der Waals surface area contributed by atoms with Crippen LogP contribution in [0.1, 0.15) is 11.1 Å². The van der Waals surface area contributed by atoms with Crippen LogP contribution in [0.5, 0.6) is 0 Å². The SMILES string of the molecule is CNC(=O)[C@@H](Cc1ccccc1)N(Cc1ccc(Cl)cc1Cl)C(=O)CN(c1cccc(Cl)c1)S(=O)(=O)c1ccccc1. The number of carbonyl (C=O) groups excluding carboxylic acids is 2. The van der Waals surface area contributed by atoms with Crippen molar-refractivity contribution < 1.29 is 18.0 Å². The lowest BCUT2D eigenvalue weighted by molar-refractivity contribution is -0.139. The summed E-state index contributed by atoms with van der Waals surface area (Å²) in [5, 5.41) is 3.66. The Morgan fingerprint density at radius 2 is 1.45 bits per heavy atom. The maximum atomic E-state index is 14.3. The van der Waals surface area contributed by atoms with Gasteiger partial charge in [-0.05, 0) is 53.6 Å². The van der Waals surface area contributed by atoms with Crippen LogP contribution in [-0.2, 0) is 32.6 Å². The van der Waals surface area contributed by atoms with Gasteiger partial charge in [-0.2, -0.15) is 0 Å². The lowest BCUT2D eigenvalue weighted by atomic mass is 10.0. The van der Waals surface area contributed by atoms with Crippen LogP contribution in [0.3, 0.4) is 0 Å². The van der Waals surface area contributed by atoms with E-state index in [1.165, 1.54) is 30.1 Å². The maximum absolute atomic E-state index is 14.3. The highest BCUT2D eigenvalue weighted by Crippen LogP contribution is 2.28. The number of sulfonamides is 1. The maximum Gasteiger partial charge on any atom is 0.264 e. The summed E-state index contributed by atoms with van der Waals surface area (Å²) in [7, 11) is -2.73. The molecule has 2 amide bonds. The highest BCUT2D eigenvalue weighted by molar-refractivity contribution is 7.92. The van der Waals surface area contributed by atoms with Gasteiger partial charge < -0.3 is 10.2 Å². The zero-order chi connectivity index (χ0) is 30.3. The van der Waals surface area contributed by atoms with Gasteiger partial charge in [0.05, 0.1) is 10.6 Å². The topological polar surface area (TPSA) is 86.8 Å². The van der Waals surface area contributed by atoms with Crippen LogP contribution in [0.15, 0.2) is 108 Å². The molecule has 0 bridgehead atoms. The summed E-state index contributed by atoms with van der Waals surface area (Å²) in [6.45, 7) is -0.681. The van der Waals surface area contributed by atoms with Crippen molar-refractivity contribution in [2.24, 2.45) is 0 Å². The molecule has 0 spiro atoms. The predicted molar refractivity (Wildman–Crippen MR) is 167 cm³/mol. The molecule has 218 valence electrons. The van der Waals surface area contributed by atoms with E-state index in [-0.39, 0.29) is 23.5 Å². The Bertz CT molecular complexity index is 1650. The lowest BCUT2D eigenvalue weighted by Crippen LogP contribution is -2.53. The van der Waals surface area contributed by atoms with E-state index in [4.69, 9.17) is 34.8 Å². The molecule has 1 N–H and O–H groups in total. The Hall–Kier alpha value is -3.56. The molecule has 4 rings (SSSR count). The van der Waals surface area contributed by atoms with E-state index < -0.39 is 34.4 Å². The summed E-state index contributed by atoms with van der Waals surface area (Å²) in [6, 6.07) is 27.1. The first-order chi connectivity index (χ1) is 20.1. The molecule has 0 fully saturated rings. The van der Waals surface area contributed by atoms with Crippen molar-refractivity contribution in [1.82, 2.24) is 10.2 Å². The van der Waals surface area contributed by atoms with E-state index in [1.807, 2.05) is 30.3 Å². The molecule has 11 heteroatoms. The average molecular weight is 645 g/mol. The van der Waals surface area contributed by atoms with Crippen molar-refractivity contribution >= 4 is 62.3 Å². The minimum Gasteiger partial charge on any atom is -0.357 e. The summed E-state index contributed by atoms with van der Waals surface area (Å²) < 4.78 is 28.8. The van der Waals surface area contributed by atoms with Crippen LogP contribution in [0.4, 0.5) is 5.69 Å². The molecule has 0 radical (unpaired) electrons. The predicted octanol–water partition coefficient (Wildman–Crippen LogP) is 6.23. The van der Waals surface area contributed by atoms with Crippen LogP contribution >= 0.6 is 34.8 Å². The van der Waals surface area contributed by atoms with Gasteiger partial charge in [0.2, 0.25) is 11.8 Å². The standard InChI is InChI=1S/C31H28Cl3N3O4S/c1-35-31(39)29(17-22-9-4-2-5-10-22)36(20-23-15-16-25(33)19-28(23)34)30(38)21-37(26-12-8-11-24(32)18-26)42(40,41)27-13-6-3-7-14-27/h2-16,18-19,29H,17,20-21H2,1H3,(H,35,39)/t29-/m1/s1. The third kappa shape index (κ3) is 7.63. The van der Waals surface area contributed by atoms with Crippen LogP contribution in [-0.4, -0.2) is 44.8 Å². The molecular weight excluding hydrogens is 617 g/mol. The first-order valence-electron chi connectivity index (χ1n) is 12.9. The largest absolute Gasteiger partial charge is 0.357 e. The van der Waals surface area contributed by atoms with E-state index in [0.717, 1.165) is 9.87 Å². The van der Waals surface area contributed by atoms with E-state index >= 15 is 0 Å². The van der Waals surface area contributed by atoms with Gasteiger partial charge in [0.1, 0.15) is 12.6 Å². The Morgan fingerprint density at radius 3 is 2.07 bits per heavy atom. The van der Waals surface area contributed by atoms with Gasteiger partial charge in [-0.1, -0.05) is 95.5 Å². The van der Waals surface area contributed by atoms with Gasteiger partial charge in [0, 0.05) is 35.1 Å². The molecular formula is C31H28Cl3N3O4S. The number of benzene rings is 4. The molecule has 4 aromatic rings. The molecule has 0 unspecified atom stereocenters. The first-order valence-corrected chi connectivity index (χ1v) is 15.5. The second kappa shape index (κ2) is 14.1. The molecule has 4 aromatic carbocycles. The zero-order valence-electron chi connectivity index (χ0n) is 22.6. The highest BCUT2D eigenvalue weighted by Gasteiger charge is 2.34. The third-order valence-corrected chi connectivity index (χ3v) is 9.19. The normalized spacial score (nSPS) is 11.9. The Kier molecular flexibility index (Phi) is 10.5. The summed E-state index contributed by atoms with van der Waals surface area (Å²) in [4.78, 5) is 28.9. The second-order valence-electron chi connectivity index (χ2n) is 9.38. The molecule has 0 aromatic heterocycles. The fraction of sp³-hybridized carbons (Fsp3) is 0.161. The molecule has 1 atom stereocenters. The second-order valence-corrected chi connectivity index (χ2v) is 12.5. The molecule has 0 saturated carbocycles. The zero-order valence-corrected chi connectivity index (χ0v) is 25.7. The summed E-state index contributed by atoms with van der Waals surface area (Å²) in [5.41, 5.74) is 1.55. The molecule has 42 heavy (non-hydrogen) atoms. The quantitative estimate of drug-likeness (QED) is 0.210. The minimum absolute atomic E-state index is 0.00259. The summed E-state index contributed by atoms with van der Waals surface area (Å²) >= 11 is 18.8. The van der Waals surface area contributed by atoms with Gasteiger partial charge in [-0.25, -0.2) is 8.42 Å². The molecule has 0 heterocycles. The number of halogens is 3. The van der Waals surface area contributed by atoms with Crippen molar-refractivity contribution in [2.75, 3.05) is 17.9 Å². The van der Waals surface area contributed by atoms with Crippen molar-refractivity contribution in [2.45, 2.75) is 23.9 Å². The van der Waals surface area contributed by atoms with E-state index in [9.17, 15) is 18.0 Å². The number of nitrogens with one attached hydrogen (secondary N) is 1. The monoisotopic (exact) mass is 643 g/mol. The highest BCUT2D eigenvalue weighted by atomic mass is 35.5. The number of amides is 2. The van der Waals surface area contributed by atoms with Crippen LogP contribution in [0.25, 0.3) is 0 Å². The number of rotatable bonds is 11. The van der Waals surface area contributed by atoms with E-state index in [0.29, 0.717) is 20.6 Å². The van der Waals surface area contributed by atoms with Crippen molar-refractivity contribution in [3.63, 3.8) is 0 Å². The molecule has 0 aliphatic heterocycles. The average Bonchev–Trinajstić information content (AvgIpc) is 2.99. The fourth-order valence-electron chi connectivity index (χ4n) is 4.43.